The summed E-state index contributed by atoms with van der Waals surface area (Å²) in [7, 11) is 0. The molecule has 0 bridgehead atoms. The Labute approximate surface area is 151 Å². The Morgan fingerprint density at radius 1 is 0.920 bits per heavy atom. The number of amides is 2. The molecule has 0 aromatic heterocycles. The van der Waals surface area contributed by atoms with Crippen molar-refractivity contribution in [3.8, 4) is 0 Å². The topological polar surface area (TPSA) is 64.7 Å². The minimum atomic E-state index is 0.169. The van der Waals surface area contributed by atoms with E-state index in [4.69, 9.17) is 0 Å². The molecule has 0 aromatic carbocycles. The molecule has 2 saturated heterocycles. The summed E-state index contributed by atoms with van der Waals surface area (Å²) < 4.78 is 0. The van der Waals surface area contributed by atoms with Gasteiger partial charge in [0, 0.05) is 51.1 Å². The number of hydrogen-bond acceptors (Lipinski definition) is 4. The Morgan fingerprint density at radius 2 is 1.60 bits per heavy atom. The zero-order chi connectivity index (χ0) is 17.5. The molecule has 2 aliphatic heterocycles. The summed E-state index contributed by atoms with van der Waals surface area (Å²) in [5, 5.41) is 6.55. The fraction of sp³-hybridized carbons (Fsp3) is 0.895. The number of rotatable bonds is 5. The first-order valence-corrected chi connectivity index (χ1v) is 10.2. The second-order valence-electron chi connectivity index (χ2n) is 7.84. The lowest BCUT2D eigenvalue weighted by Gasteiger charge is -2.33. The second-order valence-corrected chi connectivity index (χ2v) is 7.84. The van der Waals surface area contributed by atoms with Gasteiger partial charge in [0.2, 0.25) is 11.8 Å². The summed E-state index contributed by atoms with van der Waals surface area (Å²) in [5.41, 5.74) is 0. The predicted molar refractivity (Wildman–Crippen MR) is 98.2 cm³/mol. The number of nitrogens with zero attached hydrogens (tertiary/aromatic N) is 2. The van der Waals surface area contributed by atoms with Crippen LogP contribution in [0.15, 0.2) is 0 Å². The highest BCUT2D eigenvalue weighted by atomic mass is 16.2. The highest BCUT2D eigenvalue weighted by molar-refractivity contribution is 5.79. The Hall–Kier alpha value is -1.14. The average Bonchev–Trinajstić information content (AvgIpc) is 2.68. The van der Waals surface area contributed by atoms with Crippen LogP contribution in [0.1, 0.15) is 51.4 Å². The van der Waals surface area contributed by atoms with Gasteiger partial charge in [0.05, 0.1) is 0 Å². The van der Waals surface area contributed by atoms with Gasteiger partial charge in [-0.1, -0.05) is 19.3 Å². The highest BCUT2D eigenvalue weighted by Crippen LogP contribution is 2.21. The minimum Gasteiger partial charge on any atom is -0.353 e. The molecule has 3 aliphatic rings. The number of nitrogens with one attached hydrogen (secondary N) is 2. The van der Waals surface area contributed by atoms with E-state index >= 15 is 0 Å². The van der Waals surface area contributed by atoms with Crippen LogP contribution in [0.2, 0.25) is 0 Å². The Morgan fingerprint density at radius 3 is 2.28 bits per heavy atom. The largest absolute Gasteiger partial charge is 0.353 e. The summed E-state index contributed by atoms with van der Waals surface area (Å²) in [6.45, 7) is 6.21. The van der Waals surface area contributed by atoms with E-state index in [1.165, 1.54) is 19.3 Å². The fourth-order valence-electron chi connectivity index (χ4n) is 4.31. The minimum absolute atomic E-state index is 0.169. The van der Waals surface area contributed by atoms with Gasteiger partial charge in [0.1, 0.15) is 0 Å². The van der Waals surface area contributed by atoms with Crippen LogP contribution in [-0.2, 0) is 9.59 Å². The quantitative estimate of drug-likeness (QED) is 0.775. The van der Waals surface area contributed by atoms with Crippen molar-refractivity contribution in [2.75, 3.05) is 45.8 Å². The second kappa shape index (κ2) is 9.53. The highest BCUT2D eigenvalue weighted by Gasteiger charge is 2.27. The summed E-state index contributed by atoms with van der Waals surface area (Å²) in [6.07, 6.45) is 8.60. The molecule has 142 valence electrons. The molecule has 0 unspecified atom stereocenters. The molecule has 6 nitrogen and oxygen atoms in total. The molecule has 1 saturated carbocycles. The van der Waals surface area contributed by atoms with Crippen LogP contribution in [0, 0.1) is 5.92 Å². The molecule has 1 aliphatic carbocycles. The first-order valence-electron chi connectivity index (χ1n) is 10.2. The first-order chi connectivity index (χ1) is 12.2. The van der Waals surface area contributed by atoms with Gasteiger partial charge in [0.15, 0.2) is 0 Å². The number of carbonyl (C=O) groups is 2. The van der Waals surface area contributed by atoms with Crippen LogP contribution in [-0.4, -0.2) is 73.5 Å². The van der Waals surface area contributed by atoms with Gasteiger partial charge in [0.25, 0.3) is 0 Å². The number of hydrogen-bond donors (Lipinski definition) is 2. The van der Waals surface area contributed by atoms with E-state index in [0.717, 1.165) is 71.5 Å². The van der Waals surface area contributed by atoms with Crippen molar-refractivity contribution in [3.63, 3.8) is 0 Å². The van der Waals surface area contributed by atoms with Crippen molar-refractivity contribution in [2.45, 2.75) is 57.4 Å². The lowest BCUT2D eigenvalue weighted by Crippen LogP contribution is -2.48. The van der Waals surface area contributed by atoms with Gasteiger partial charge >= 0.3 is 0 Å². The third-order valence-corrected chi connectivity index (χ3v) is 6.02. The molecule has 3 fully saturated rings. The van der Waals surface area contributed by atoms with Crippen molar-refractivity contribution in [1.82, 2.24) is 20.4 Å². The van der Waals surface area contributed by atoms with E-state index < -0.39 is 0 Å². The molecule has 0 aromatic rings. The van der Waals surface area contributed by atoms with Crippen LogP contribution in [0.4, 0.5) is 0 Å². The number of piperidine rings is 1. The van der Waals surface area contributed by atoms with Crippen LogP contribution < -0.4 is 10.6 Å². The average molecular weight is 351 g/mol. The van der Waals surface area contributed by atoms with Crippen molar-refractivity contribution in [3.05, 3.63) is 0 Å². The molecule has 6 heteroatoms. The lowest BCUT2D eigenvalue weighted by molar-refractivity contribution is -0.132. The van der Waals surface area contributed by atoms with Crippen molar-refractivity contribution >= 4 is 11.8 Å². The van der Waals surface area contributed by atoms with Crippen LogP contribution in [0.25, 0.3) is 0 Å². The summed E-state index contributed by atoms with van der Waals surface area (Å²) in [6, 6.07) is 0.413. The van der Waals surface area contributed by atoms with E-state index in [1.807, 2.05) is 4.90 Å². The maximum Gasteiger partial charge on any atom is 0.223 e. The molecule has 2 heterocycles. The van der Waals surface area contributed by atoms with Gasteiger partial charge in [-0.3, -0.25) is 9.59 Å². The normalized spacial score (nSPS) is 24.2. The molecule has 3 rings (SSSR count). The third-order valence-electron chi connectivity index (χ3n) is 6.02. The van der Waals surface area contributed by atoms with E-state index in [0.29, 0.717) is 12.5 Å². The first kappa shape index (κ1) is 18.6. The Bertz CT molecular complexity index is 437. The van der Waals surface area contributed by atoms with E-state index in [-0.39, 0.29) is 17.7 Å². The molecule has 0 radical (unpaired) electrons. The van der Waals surface area contributed by atoms with Crippen LogP contribution in [0.3, 0.4) is 0 Å². The van der Waals surface area contributed by atoms with Gasteiger partial charge in [-0.05, 0) is 38.8 Å². The zero-order valence-electron chi connectivity index (χ0n) is 15.5. The predicted octanol–water partition coefficient (Wildman–Crippen LogP) is 0.969. The molecular formula is C19H34N4O2. The molecule has 2 N–H and O–H groups in total. The zero-order valence-corrected chi connectivity index (χ0v) is 15.5. The third kappa shape index (κ3) is 5.68. The van der Waals surface area contributed by atoms with Crippen LogP contribution in [0.5, 0.6) is 0 Å². The van der Waals surface area contributed by atoms with Crippen molar-refractivity contribution < 1.29 is 9.59 Å². The van der Waals surface area contributed by atoms with Gasteiger partial charge in [-0.15, -0.1) is 0 Å². The monoisotopic (exact) mass is 350 g/mol. The molecule has 0 spiro atoms. The Balaban J connectivity index is 1.32. The number of likely N-dealkylation sites (tertiary alicyclic amines) is 1. The van der Waals surface area contributed by atoms with E-state index in [2.05, 4.69) is 15.5 Å². The van der Waals surface area contributed by atoms with E-state index in [1.54, 1.807) is 0 Å². The molecule has 25 heavy (non-hydrogen) atoms. The smallest absolute Gasteiger partial charge is 0.223 e. The van der Waals surface area contributed by atoms with Gasteiger partial charge < -0.3 is 20.4 Å². The van der Waals surface area contributed by atoms with Gasteiger partial charge in [-0.25, -0.2) is 0 Å². The maximum atomic E-state index is 12.4. The summed E-state index contributed by atoms with van der Waals surface area (Å²) in [5.74, 6) is 0.712. The van der Waals surface area contributed by atoms with E-state index in [9.17, 15) is 9.59 Å². The number of carbonyl (C=O) groups excluding carboxylic acids is 2. The SMILES string of the molecule is O=C(NC1CCCCC1)C1CCN(CCC(=O)N2CCNCC2)CC1. The molecular weight excluding hydrogens is 316 g/mol. The van der Waals surface area contributed by atoms with Crippen molar-refractivity contribution in [1.29, 1.82) is 0 Å². The standard InChI is InChI=1S/C19H34N4O2/c24-18(23-14-9-20-10-15-23)8-13-22-11-6-16(7-12-22)19(25)21-17-4-2-1-3-5-17/h16-17,20H,1-15H2,(H,21,25). The van der Waals surface area contributed by atoms with Gasteiger partial charge in [-0.2, -0.15) is 0 Å². The summed E-state index contributed by atoms with van der Waals surface area (Å²) >= 11 is 0. The maximum absolute atomic E-state index is 12.4. The van der Waals surface area contributed by atoms with Crippen molar-refractivity contribution in [2.24, 2.45) is 5.92 Å². The fourth-order valence-corrected chi connectivity index (χ4v) is 4.31. The summed E-state index contributed by atoms with van der Waals surface area (Å²) in [4.78, 5) is 29.0. The molecule has 2 amide bonds. The Kier molecular flexibility index (Phi) is 7.11. The number of piperazine rings is 1. The van der Waals surface area contributed by atoms with Crippen LogP contribution >= 0.6 is 0 Å². The molecule has 0 atom stereocenters. The lowest BCUT2D eigenvalue weighted by atomic mass is 9.92.